The molecule has 144 valence electrons. The van der Waals surface area contributed by atoms with Crippen LogP contribution >= 0.6 is 24.0 Å². The van der Waals surface area contributed by atoms with Gasteiger partial charge in [-0.25, -0.2) is 8.42 Å². The molecule has 0 spiro atoms. The van der Waals surface area contributed by atoms with E-state index in [1.807, 2.05) is 13.8 Å². The number of aliphatic imine (C=N–C) groups is 1. The average molecular weight is 481 g/mol. The summed E-state index contributed by atoms with van der Waals surface area (Å²) in [6.07, 6.45) is 3.78. The molecule has 1 atom stereocenters. The van der Waals surface area contributed by atoms with Crippen LogP contribution in [0.25, 0.3) is 0 Å². The Labute approximate surface area is 170 Å². The molecule has 0 saturated carbocycles. The van der Waals surface area contributed by atoms with Crippen molar-refractivity contribution in [1.82, 2.24) is 10.6 Å². The zero-order chi connectivity index (χ0) is 18.0. The molecule has 0 aliphatic rings. The zero-order valence-electron chi connectivity index (χ0n) is 15.7. The Hall–Kier alpha value is -0.830. The highest BCUT2D eigenvalue weighted by atomic mass is 127. The van der Waals surface area contributed by atoms with Crippen LogP contribution in [0.3, 0.4) is 0 Å². The molecule has 1 aromatic carbocycles. The van der Waals surface area contributed by atoms with Gasteiger partial charge < -0.3 is 10.6 Å². The molecule has 0 aliphatic carbocycles. The van der Waals surface area contributed by atoms with Crippen molar-refractivity contribution in [2.45, 2.75) is 46.1 Å². The molecule has 5 nitrogen and oxygen atoms in total. The summed E-state index contributed by atoms with van der Waals surface area (Å²) in [6.45, 7) is 7.61. The van der Waals surface area contributed by atoms with E-state index in [2.05, 4.69) is 46.8 Å². The van der Waals surface area contributed by atoms with Crippen molar-refractivity contribution >= 4 is 39.8 Å². The number of guanidine groups is 1. The second kappa shape index (κ2) is 12.5. The number of sulfone groups is 1. The summed E-state index contributed by atoms with van der Waals surface area (Å²) in [7, 11) is -2.93. The fourth-order valence-electron chi connectivity index (χ4n) is 2.25. The van der Waals surface area contributed by atoms with E-state index >= 15 is 0 Å². The summed E-state index contributed by atoms with van der Waals surface area (Å²) < 4.78 is 22.5. The second-order valence-electron chi connectivity index (χ2n) is 6.14. The normalized spacial score (nSPS) is 13.0. The molecule has 1 unspecified atom stereocenters. The van der Waals surface area contributed by atoms with Gasteiger partial charge in [0.05, 0.1) is 5.75 Å². The Balaban J connectivity index is 0.00000576. The van der Waals surface area contributed by atoms with Crippen LogP contribution in [0.5, 0.6) is 0 Å². The van der Waals surface area contributed by atoms with E-state index < -0.39 is 9.84 Å². The maximum absolute atomic E-state index is 11.2. The van der Waals surface area contributed by atoms with E-state index in [-0.39, 0.29) is 35.8 Å². The van der Waals surface area contributed by atoms with E-state index in [9.17, 15) is 8.42 Å². The van der Waals surface area contributed by atoms with Gasteiger partial charge in [-0.05, 0) is 44.2 Å². The lowest BCUT2D eigenvalue weighted by molar-refractivity contribution is 0.581. The molecule has 1 aromatic rings. The van der Waals surface area contributed by atoms with Crippen molar-refractivity contribution < 1.29 is 8.42 Å². The maximum atomic E-state index is 11.2. The average Bonchev–Trinajstić information content (AvgIpc) is 2.53. The number of hydrogen-bond donors (Lipinski definition) is 2. The van der Waals surface area contributed by atoms with Gasteiger partial charge in [0, 0.05) is 25.4 Å². The number of benzene rings is 1. The van der Waals surface area contributed by atoms with Gasteiger partial charge in [-0.1, -0.05) is 31.2 Å². The van der Waals surface area contributed by atoms with E-state index in [1.54, 1.807) is 0 Å². The summed E-state index contributed by atoms with van der Waals surface area (Å²) in [6, 6.07) is 8.69. The number of hydrogen-bond acceptors (Lipinski definition) is 3. The molecular formula is C18H32IN3O2S. The minimum absolute atomic E-state index is 0. The number of nitrogens with zero attached hydrogens (tertiary/aromatic N) is 1. The fourth-order valence-corrected chi connectivity index (χ4v) is 3.04. The van der Waals surface area contributed by atoms with Crippen LogP contribution in [0.2, 0.25) is 0 Å². The first-order chi connectivity index (χ1) is 11.3. The minimum atomic E-state index is -2.93. The maximum Gasteiger partial charge on any atom is 0.191 e. The van der Waals surface area contributed by atoms with Gasteiger partial charge in [-0.15, -0.1) is 24.0 Å². The molecule has 0 aliphatic heterocycles. The summed E-state index contributed by atoms with van der Waals surface area (Å²) in [5, 5.41) is 6.47. The lowest BCUT2D eigenvalue weighted by atomic mass is 10.1. The summed E-state index contributed by atoms with van der Waals surface area (Å²) in [4.78, 5) is 4.58. The largest absolute Gasteiger partial charge is 0.357 e. The Morgan fingerprint density at radius 3 is 2.28 bits per heavy atom. The topological polar surface area (TPSA) is 70.6 Å². The highest BCUT2D eigenvalue weighted by Gasteiger charge is 2.09. The molecule has 0 bridgehead atoms. The zero-order valence-corrected chi connectivity index (χ0v) is 18.9. The predicted octanol–water partition coefficient (Wildman–Crippen LogP) is 2.79. The van der Waals surface area contributed by atoms with E-state index in [4.69, 9.17) is 0 Å². The molecular weight excluding hydrogens is 449 g/mol. The smallest absolute Gasteiger partial charge is 0.191 e. The van der Waals surface area contributed by atoms with E-state index in [0.29, 0.717) is 13.0 Å². The van der Waals surface area contributed by atoms with Gasteiger partial charge in [0.1, 0.15) is 9.84 Å². The third-order valence-electron chi connectivity index (χ3n) is 3.75. The number of nitrogens with one attached hydrogen (secondary N) is 2. The Bertz CT molecular complexity index is 616. The Kier molecular flexibility index (Phi) is 12.1. The number of aryl methyl sites for hydroxylation is 1. The lowest BCUT2D eigenvalue weighted by Crippen LogP contribution is -2.43. The molecule has 0 saturated heterocycles. The fraction of sp³-hybridized carbons (Fsp3) is 0.611. The highest BCUT2D eigenvalue weighted by molar-refractivity contribution is 14.0. The standard InChI is InChI=1S/C18H31N3O2S.HI/c1-5-16-7-9-17(10-8-16)11-13-20-18(19-6-2)21-15(3)12-14-24(4,22)23;/h7-10,15H,5-6,11-14H2,1-4H3,(H2,19,20,21);1H. The first kappa shape index (κ1) is 24.2. The third-order valence-corrected chi connectivity index (χ3v) is 4.73. The van der Waals surface area contributed by atoms with E-state index in [0.717, 1.165) is 25.3 Å². The van der Waals surface area contributed by atoms with Gasteiger partial charge >= 0.3 is 0 Å². The Morgan fingerprint density at radius 1 is 1.16 bits per heavy atom. The predicted molar refractivity (Wildman–Crippen MR) is 118 cm³/mol. The second-order valence-corrected chi connectivity index (χ2v) is 8.40. The Morgan fingerprint density at radius 2 is 1.76 bits per heavy atom. The van der Waals surface area contributed by atoms with Crippen molar-refractivity contribution in [3.8, 4) is 0 Å². The van der Waals surface area contributed by atoms with Gasteiger partial charge in [0.15, 0.2) is 5.96 Å². The van der Waals surface area contributed by atoms with Crippen LogP contribution < -0.4 is 10.6 Å². The van der Waals surface area contributed by atoms with Crippen LogP contribution in [-0.2, 0) is 22.7 Å². The number of halogens is 1. The van der Waals surface area contributed by atoms with Crippen molar-refractivity contribution in [3.05, 3.63) is 35.4 Å². The molecule has 0 aromatic heterocycles. The van der Waals surface area contributed by atoms with Crippen molar-refractivity contribution in [1.29, 1.82) is 0 Å². The molecule has 0 heterocycles. The van der Waals surface area contributed by atoms with Gasteiger partial charge in [-0.3, -0.25) is 4.99 Å². The third kappa shape index (κ3) is 11.4. The van der Waals surface area contributed by atoms with Crippen molar-refractivity contribution in [3.63, 3.8) is 0 Å². The van der Waals surface area contributed by atoms with Gasteiger partial charge in [0.25, 0.3) is 0 Å². The van der Waals surface area contributed by atoms with E-state index in [1.165, 1.54) is 17.4 Å². The van der Waals surface area contributed by atoms with Crippen LogP contribution in [0.15, 0.2) is 29.3 Å². The molecule has 1 rings (SSSR count). The van der Waals surface area contributed by atoms with Crippen molar-refractivity contribution in [2.24, 2.45) is 4.99 Å². The molecule has 7 heteroatoms. The molecule has 2 N–H and O–H groups in total. The lowest BCUT2D eigenvalue weighted by Gasteiger charge is -2.17. The SMILES string of the molecule is CCNC(=NCCc1ccc(CC)cc1)NC(C)CCS(C)(=O)=O.I. The summed E-state index contributed by atoms with van der Waals surface area (Å²) in [5.74, 6) is 0.924. The molecule has 25 heavy (non-hydrogen) atoms. The van der Waals surface area contributed by atoms with Crippen LogP contribution in [0, 0.1) is 0 Å². The summed E-state index contributed by atoms with van der Waals surface area (Å²) >= 11 is 0. The molecule has 0 amide bonds. The van der Waals surface area contributed by atoms with Gasteiger partial charge in [0.2, 0.25) is 0 Å². The van der Waals surface area contributed by atoms with Crippen LogP contribution in [0.1, 0.15) is 38.3 Å². The first-order valence-electron chi connectivity index (χ1n) is 8.64. The summed E-state index contributed by atoms with van der Waals surface area (Å²) in [5.41, 5.74) is 2.62. The highest BCUT2D eigenvalue weighted by Crippen LogP contribution is 2.05. The molecule has 0 radical (unpaired) electrons. The molecule has 0 fully saturated rings. The minimum Gasteiger partial charge on any atom is -0.357 e. The van der Waals surface area contributed by atoms with Crippen LogP contribution in [-0.4, -0.2) is 45.5 Å². The van der Waals surface area contributed by atoms with Gasteiger partial charge in [-0.2, -0.15) is 0 Å². The first-order valence-corrected chi connectivity index (χ1v) is 10.7. The van der Waals surface area contributed by atoms with Crippen molar-refractivity contribution in [2.75, 3.05) is 25.1 Å². The number of rotatable bonds is 9. The monoisotopic (exact) mass is 481 g/mol. The van der Waals surface area contributed by atoms with Crippen LogP contribution in [0.4, 0.5) is 0 Å². The quantitative estimate of drug-likeness (QED) is 0.323.